The molecule has 2 aromatic rings. The number of hydrogen-bond acceptors (Lipinski definition) is 7. The molecule has 1 unspecified atom stereocenters. The van der Waals surface area contributed by atoms with Gasteiger partial charge in [0.1, 0.15) is 29.5 Å². The Hall–Kier alpha value is -3.48. The quantitative estimate of drug-likeness (QED) is 0.268. The van der Waals surface area contributed by atoms with Gasteiger partial charge < -0.3 is 24.1 Å². The number of carbonyl (C=O) groups excluding carboxylic acids is 2. The number of aliphatic hydroxyl groups is 1. The summed E-state index contributed by atoms with van der Waals surface area (Å²) >= 11 is 0. The first-order valence-corrected chi connectivity index (χ1v) is 11.8. The molecule has 35 heavy (non-hydrogen) atoms. The SMILES string of the molecule is Cc1c(C)c2c(c(C)c1OCc1ccccc1)CCC(C)(CC(O)=C1C(=O)OC(C)(C)OC1=O)O2. The Morgan fingerprint density at radius 1 is 0.943 bits per heavy atom. The molecule has 1 atom stereocenters. The number of benzene rings is 2. The summed E-state index contributed by atoms with van der Waals surface area (Å²) in [5, 5.41) is 10.7. The minimum atomic E-state index is -1.37. The lowest BCUT2D eigenvalue weighted by molar-refractivity contribution is -0.222. The smallest absolute Gasteiger partial charge is 0.352 e. The van der Waals surface area contributed by atoms with E-state index in [1.165, 1.54) is 13.8 Å². The maximum Gasteiger partial charge on any atom is 0.352 e. The van der Waals surface area contributed by atoms with Gasteiger partial charge in [-0.15, -0.1) is 0 Å². The van der Waals surface area contributed by atoms with E-state index in [9.17, 15) is 14.7 Å². The second-order valence-corrected chi connectivity index (χ2v) is 10.0. The van der Waals surface area contributed by atoms with Crippen molar-refractivity contribution in [2.24, 2.45) is 0 Å². The molecule has 1 fully saturated rings. The van der Waals surface area contributed by atoms with Crippen molar-refractivity contribution in [3.05, 3.63) is 69.5 Å². The van der Waals surface area contributed by atoms with Crippen LogP contribution in [0.3, 0.4) is 0 Å². The average molecular weight is 481 g/mol. The van der Waals surface area contributed by atoms with Gasteiger partial charge in [-0.2, -0.15) is 0 Å². The molecule has 0 spiro atoms. The molecule has 2 aromatic carbocycles. The lowest BCUT2D eigenvalue weighted by Gasteiger charge is -2.38. The van der Waals surface area contributed by atoms with Gasteiger partial charge in [-0.25, -0.2) is 9.59 Å². The van der Waals surface area contributed by atoms with Crippen LogP contribution in [0.1, 0.15) is 61.4 Å². The van der Waals surface area contributed by atoms with Gasteiger partial charge in [0.05, 0.1) is 0 Å². The number of esters is 2. The average Bonchev–Trinajstić information content (AvgIpc) is 2.76. The van der Waals surface area contributed by atoms with Crippen molar-refractivity contribution in [3.63, 3.8) is 0 Å². The van der Waals surface area contributed by atoms with E-state index in [0.29, 0.717) is 19.4 Å². The summed E-state index contributed by atoms with van der Waals surface area (Å²) in [5.41, 5.74) is 3.85. The van der Waals surface area contributed by atoms with Crippen LogP contribution in [0.2, 0.25) is 0 Å². The van der Waals surface area contributed by atoms with E-state index in [0.717, 1.165) is 39.3 Å². The van der Waals surface area contributed by atoms with Crippen LogP contribution in [-0.2, 0) is 32.1 Å². The molecule has 0 radical (unpaired) electrons. The number of rotatable bonds is 5. The molecule has 1 saturated heterocycles. The Labute approximate surface area is 205 Å². The van der Waals surface area contributed by atoms with Crippen molar-refractivity contribution in [3.8, 4) is 11.5 Å². The predicted octanol–water partition coefficient (Wildman–Crippen LogP) is 5.31. The molecule has 7 nitrogen and oxygen atoms in total. The molecule has 186 valence electrons. The normalized spacial score (nSPS) is 20.9. The summed E-state index contributed by atoms with van der Waals surface area (Å²) in [6.45, 7) is 11.3. The summed E-state index contributed by atoms with van der Waals surface area (Å²) < 4.78 is 22.9. The first-order valence-electron chi connectivity index (χ1n) is 11.8. The van der Waals surface area contributed by atoms with Crippen molar-refractivity contribution in [1.82, 2.24) is 0 Å². The molecule has 2 heterocycles. The molecule has 2 aliphatic rings. The van der Waals surface area contributed by atoms with Crippen LogP contribution < -0.4 is 9.47 Å². The van der Waals surface area contributed by atoms with Gasteiger partial charge in [0.15, 0.2) is 5.57 Å². The molecule has 1 N–H and O–H groups in total. The maximum absolute atomic E-state index is 12.4. The Bertz CT molecular complexity index is 1190. The predicted molar refractivity (Wildman–Crippen MR) is 129 cm³/mol. The van der Waals surface area contributed by atoms with E-state index in [4.69, 9.17) is 18.9 Å². The molecule has 0 bridgehead atoms. The van der Waals surface area contributed by atoms with Gasteiger partial charge in [0.2, 0.25) is 0 Å². The van der Waals surface area contributed by atoms with E-state index in [1.807, 2.05) is 58.0 Å². The van der Waals surface area contributed by atoms with Crippen LogP contribution in [0.15, 0.2) is 41.7 Å². The van der Waals surface area contributed by atoms with E-state index in [-0.39, 0.29) is 6.42 Å². The Balaban J connectivity index is 1.58. The summed E-state index contributed by atoms with van der Waals surface area (Å²) in [7, 11) is 0. The fraction of sp³-hybridized carbons (Fsp3) is 0.429. The number of cyclic esters (lactones) is 2. The van der Waals surface area contributed by atoms with Crippen LogP contribution in [-0.4, -0.2) is 28.4 Å². The largest absolute Gasteiger partial charge is 0.511 e. The van der Waals surface area contributed by atoms with E-state index < -0.39 is 34.7 Å². The minimum Gasteiger partial charge on any atom is -0.511 e. The molecule has 0 amide bonds. The van der Waals surface area contributed by atoms with Gasteiger partial charge in [-0.3, -0.25) is 0 Å². The Morgan fingerprint density at radius 3 is 2.20 bits per heavy atom. The van der Waals surface area contributed by atoms with Crippen LogP contribution >= 0.6 is 0 Å². The number of ether oxygens (including phenoxy) is 4. The van der Waals surface area contributed by atoms with Crippen molar-refractivity contribution in [2.75, 3.05) is 0 Å². The topological polar surface area (TPSA) is 91.3 Å². The number of hydrogen-bond donors (Lipinski definition) is 1. The van der Waals surface area contributed by atoms with Crippen molar-refractivity contribution in [2.45, 2.75) is 78.8 Å². The Morgan fingerprint density at radius 2 is 1.57 bits per heavy atom. The monoisotopic (exact) mass is 480 g/mol. The zero-order valence-electron chi connectivity index (χ0n) is 21.1. The standard InChI is InChI=1S/C28H32O7/c1-16-17(2)24-20(18(3)23(16)32-15-19-10-8-7-9-11-19)12-13-28(6,33-24)14-21(29)22-25(30)34-27(4,5)35-26(22)31/h7-11,29H,12-15H2,1-6H3. The number of aliphatic hydroxyl groups excluding tert-OH is 1. The second-order valence-electron chi connectivity index (χ2n) is 10.0. The first-order chi connectivity index (χ1) is 16.4. The summed E-state index contributed by atoms with van der Waals surface area (Å²) in [4.78, 5) is 24.7. The maximum atomic E-state index is 12.4. The van der Waals surface area contributed by atoms with Gasteiger partial charge in [-0.05, 0) is 62.8 Å². The van der Waals surface area contributed by atoms with Gasteiger partial charge in [0.25, 0.3) is 5.79 Å². The highest BCUT2D eigenvalue weighted by atomic mass is 16.7. The summed E-state index contributed by atoms with van der Waals surface area (Å²) in [5.74, 6) is -1.94. The zero-order valence-corrected chi connectivity index (χ0v) is 21.1. The number of fused-ring (bicyclic) bond motifs is 1. The van der Waals surface area contributed by atoms with Gasteiger partial charge >= 0.3 is 11.9 Å². The molecule has 0 aliphatic carbocycles. The highest BCUT2D eigenvalue weighted by Gasteiger charge is 2.43. The van der Waals surface area contributed by atoms with Crippen molar-refractivity contribution < 1.29 is 33.6 Å². The fourth-order valence-electron chi connectivity index (χ4n) is 4.68. The van der Waals surface area contributed by atoms with Gasteiger partial charge in [-0.1, -0.05) is 30.3 Å². The third-order valence-corrected chi connectivity index (χ3v) is 6.70. The van der Waals surface area contributed by atoms with E-state index >= 15 is 0 Å². The zero-order chi connectivity index (χ0) is 25.5. The molecule has 2 aliphatic heterocycles. The van der Waals surface area contributed by atoms with E-state index in [2.05, 4.69) is 0 Å². The molecule has 4 rings (SSSR count). The number of carbonyl (C=O) groups is 2. The third kappa shape index (κ3) is 4.85. The van der Waals surface area contributed by atoms with Crippen molar-refractivity contribution >= 4 is 11.9 Å². The molecular weight excluding hydrogens is 448 g/mol. The second kappa shape index (κ2) is 8.95. The lowest BCUT2D eigenvalue weighted by atomic mass is 9.84. The summed E-state index contributed by atoms with van der Waals surface area (Å²) in [6, 6.07) is 10.0. The van der Waals surface area contributed by atoms with Crippen molar-refractivity contribution in [1.29, 1.82) is 0 Å². The lowest BCUT2D eigenvalue weighted by Crippen LogP contribution is -2.43. The van der Waals surface area contributed by atoms with Crippen LogP contribution in [0, 0.1) is 20.8 Å². The summed E-state index contributed by atoms with van der Waals surface area (Å²) in [6.07, 6.45) is 1.25. The first kappa shape index (κ1) is 24.6. The molecule has 0 aromatic heterocycles. The molecule has 0 saturated carbocycles. The Kier molecular flexibility index (Phi) is 6.30. The van der Waals surface area contributed by atoms with Crippen LogP contribution in [0.4, 0.5) is 0 Å². The van der Waals surface area contributed by atoms with Gasteiger partial charge in [0, 0.05) is 25.8 Å². The third-order valence-electron chi connectivity index (χ3n) is 6.70. The highest BCUT2D eigenvalue weighted by Crippen LogP contribution is 2.45. The van der Waals surface area contributed by atoms with Crippen LogP contribution in [0.25, 0.3) is 0 Å². The highest BCUT2D eigenvalue weighted by molar-refractivity contribution is 6.15. The molecule has 7 heteroatoms. The van der Waals surface area contributed by atoms with Crippen LogP contribution in [0.5, 0.6) is 11.5 Å². The fourth-order valence-corrected chi connectivity index (χ4v) is 4.68. The van der Waals surface area contributed by atoms with E-state index in [1.54, 1.807) is 0 Å². The minimum absolute atomic E-state index is 0.0316. The molecular formula is C28H32O7.